The van der Waals surface area contributed by atoms with Crippen LogP contribution in [0, 0.1) is 0 Å². The number of hydrogen-bond acceptors (Lipinski definition) is 4. The number of carbonyl (C=O) groups excluding carboxylic acids is 1. The van der Waals surface area contributed by atoms with Crippen molar-refractivity contribution >= 4 is 28.1 Å². The van der Waals surface area contributed by atoms with Crippen molar-refractivity contribution in [1.82, 2.24) is 9.24 Å². The SMILES string of the molecule is O=C1CNC2C(=CN(Br)C3N=CCC=C23)C1. The largest absolute Gasteiger partial charge is 0.300 e. The minimum atomic E-state index is 0.0446. The van der Waals surface area contributed by atoms with Crippen molar-refractivity contribution < 1.29 is 4.79 Å². The van der Waals surface area contributed by atoms with Crippen LogP contribution in [0.1, 0.15) is 12.8 Å². The second-order valence-electron chi connectivity index (χ2n) is 4.22. The third kappa shape index (κ3) is 1.55. The fraction of sp³-hybridized carbons (Fsp3) is 0.455. The average Bonchev–Trinajstić information content (AvgIpc) is 2.29. The number of rotatable bonds is 0. The molecule has 4 nitrogen and oxygen atoms in total. The molecule has 5 heteroatoms. The molecule has 3 rings (SSSR count). The molecule has 2 unspecified atom stereocenters. The highest BCUT2D eigenvalue weighted by atomic mass is 79.9. The number of fused-ring (bicyclic) bond motifs is 3. The molecule has 84 valence electrons. The minimum Gasteiger partial charge on any atom is -0.300 e. The Bertz CT molecular complexity index is 427. The lowest BCUT2D eigenvalue weighted by atomic mass is 9.87. The van der Waals surface area contributed by atoms with Gasteiger partial charge in [0.1, 0.15) is 0 Å². The van der Waals surface area contributed by atoms with Crippen molar-refractivity contribution in [1.29, 1.82) is 0 Å². The molecule has 0 aromatic carbocycles. The molecule has 0 bridgehead atoms. The number of halogens is 1. The van der Waals surface area contributed by atoms with Gasteiger partial charge in [0, 0.05) is 25.3 Å². The Hall–Kier alpha value is -0.940. The van der Waals surface area contributed by atoms with Crippen molar-refractivity contribution in [2.24, 2.45) is 4.99 Å². The van der Waals surface area contributed by atoms with Gasteiger partial charge < -0.3 is 0 Å². The second-order valence-corrected chi connectivity index (χ2v) is 5.04. The summed E-state index contributed by atoms with van der Waals surface area (Å²) in [7, 11) is 0. The lowest BCUT2D eigenvalue weighted by Gasteiger charge is -2.39. The first-order chi connectivity index (χ1) is 7.75. The van der Waals surface area contributed by atoms with Gasteiger partial charge in [-0.15, -0.1) is 0 Å². The van der Waals surface area contributed by atoms with E-state index in [1.165, 1.54) is 5.57 Å². The van der Waals surface area contributed by atoms with Crippen molar-refractivity contribution in [3.8, 4) is 0 Å². The number of dihydropyridines is 1. The Balaban J connectivity index is 1.99. The van der Waals surface area contributed by atoms with E-state index >= 15 is 0 Å². The summed E-state index contributed by atoms with van der Waals surface area (Å²) in [5, 5.41) is 3.28. The zero-order valence-corrected chi connectivity index (χ0v) is 10.3. The first kappa shape index (κ1) is 10.2. The Morgan fingerprint density at radius 2 is 2.44 bits per heavy atom. The fourth-order valence-electron chi connectivity index (χ4n) is 2.43. The van der Waals surface area contributed by atoms with Crippen LogP contribution >= 0.6 is 16.1 Å². The number of carbonyl (C=O) groups is 1. The molecule has 0 aromatic heterocycles. The van der Waals surface area contributed by atoms with Crippen LogP contribution in [0.25, 0.3) is 0 Å². The normalized spacial score (nSPS) is 32.8. The molecule has 3 aliphatic rings. The minimum absolute atomic E-state index is 0.0446. The molecule has 1 fully saturated rings. The second kappa shape index (κ2) is 3.82. The molecule has 0 saturated carbocycles. The van der Waals surface area contributed by atoms with Crippen molar-refractivity contribution in [3.05, 3.63) is 23.4 Å². The van der Waals surface area contributed by atoms with E-state index < -0.39 is 0 Å². The number of hydrogen-bond donors (Lipinski definition) is 1. The summed E-state index contributed by atoms with van der Waals surface area (Å²) in [6.45, 7) is 0.470. The summed E-state index contributed by atoms with van der Waals surface area (Å²) in [5.74, 6) is 0.252. The molecule has 1 saturated heterocycles. The topological polar surface area (TPSA) is 44.7 Å². The van der Waals surface area contributed by atoms with Crippen LogP contribution in [0.3, 0.4) is 0 Å². The van der Waals surface area contributed by atoms with Gasteiger partial charge in [0.2, 0.25) is 0 Å². The smallest absolute Gasteiger partial charge is 0.153 e. The van der Waals surface area contributed by atoms with Crippen molar-refractivity contribution in [3.63, 3.8) is 0 Å². The molecule has 16 heavy (non-hydrogen) atoms. The molecule has 0 radical (unpaired) electrons. The van der Waals surface area contributed by atoms with Crippen LogP contribution in [0.4, 0.5) is 0 Å². The van der Waals surface area contributed by atoms with Gasteiger partial charge in [0.15, 0.2) is 11.9 Å². The summed E-state index contributed by atoms with van der Waals surface area (Å²) >= 11 is 3.48. The molecule has 0 aliphatic carbocycles. The van der Waals surface area contributed by atoms with E-state index in [4.69, 9.17) is 0 Å². The first-order valence-corrected chi connectivity index (χ1v) is 6.08. The number of nitrogens with one attached hydrogen (secondary N) is 1. The average molecular weight is 282 g/mol. The van der Waals surface area contributed by atoms with E-state index in [0.29, 0.717) is 13.0 Å². The van der Waals surface area contributed by atoms with E-state index in [2.05, 4.69) is 32.5 Å². The van der Waals surface area contributed by atoms with Crippen LogP contribution in [0.2, 0.25) is 0 Å². The highest BCUT2D eigenvalue weighted by Gasteiger charge is 2.36. The van der Waals surface area contributed by atoms with Crippen LogP contribution in [0.15, 0.2) is 28.4 Å². The van der Waals surface area contributed by atoms with Crippen molar-refractivity contribution in [2.45, 2.75) is 25.0 Å². The number of piperidine rings is 1. The highest BCUT2D eigenvalue weighted by molar-refractivity contribution is 9.07. The monoisotopic (exact) mass is 281 g/mol. The van der Waals surface area contributed by atoms with E-state index in [1.807, 2.05) is 16.3 Å². The lowest BCUT2D eigenvalue weighted by Crippen LogP contribution is -2.49. The lowest BCUT2D eigenvalue weighted by molar-refractivity contribution is -0.118. The third-order valence-electron chi connectivity index (χ3n) is 3.14. The van der Waals surface area contributed by atoms with Gasteiger partial charge in [-0.3, -0.25) is 19.0 Å². The van der Waals surface area contributed by atoms with Gasteiger partial charge in [0.25, 0.3) is 0 Å². The molecule has 0 spiro atoms. The number of ketones is 1. The van der Waals surface area contributed by atoms with Gasteiger partial charge in [-0.25, -0.2) is 0 Å². The predicted molar refractivity (Wildman–Crippen MR) is 65.2 cm³/mol. The zero-order valence-electron chi connectivity index (χ0n) is 8.69. The Labute approximate surface area is 102 Å². The van der Waals surface area contributed by atoms with E-state index in [0.717, 1.165) is 12.0 Å². The molecule has 0 aromatic rings. The molecular weight excluding hydrogens is 270 g/mol. The third-order valence-corrected chi connectivity index (χ3v) is 3.73. The summed E-state index contributed by atoms with van der Waals surface area (Å²) in [5.41, 5.74) is 2.39. The zero-order chi connectivity index (χ0) is 11.1. The Morgan fingerprint density at radius 3 is 3.31 bits per heavy atom. The predicted octanol–water partition coefficient (Wildman–Crippen LogP) is 1.15. The first-order valence-electron chi connectivity index (χ1n) is 5.37. The van der Waals surface area contributed by atoms with Crippen LogP contribution in [-0.4, -0.2) is 34.7 Å². The van der Waals surface area contributed by atoms with Crippen LogP contribution < -0.4 is 5.32 Å². The molecule has 1 N–H and O–H groups in total. The van der Waals surface area contributed by atoms with E-state index in [9.17, 15) is 4.79 Å². The number of nitrogens with zero attached hydrogens (tertiary/aromatic N) is 2. The summed E-state index contributed by atoms with van der Waals surface area (Å²) in [6, 6.07) is 0.203. The Morgan fingerprint density at radius 1 is 1.56 bits per heavy atom. The van der Waals surface area contributed by atoms with E-state index in [-0.39, 0.29) is 18.0 Å². The van der Waals surface area contributed by atoms with Gasteiger partial charge in [-0.05, 0) is 11.1 Å². The molecular formula is C11H12BrN3O. The van der Waals surface area contributed by atoms with Crippen LogP contribution in [0.5, 0.6) is 0 Å². The molecule has 0 amide bonds. The molecule has 3 aliphatic heterocycles. The number of aliphatic imine (C=N–C) groups is 1. The maximum Gasteiger partial charge on any atom is 0.153 e. The quantitative estimate of drug-likeness (QED) is 0.535. The molecule has 2 atom stereocenters. The van der Waals surface area contributed by atoms with Crippen LogP contribution in [-0.2, 0) is 4.79 Å². The molecule has 3 heterocycles. The fourth-order valence-corrected chi connectivity index (χ4v) is 3.04. The maximum absolute atomic E-state index is 11.4. The van der Waals surface area contributed by atoms with E-state index in [1.54, 1.807) is 0 Å². The number of Topliss-reactive ketones (excluding diaryl/α,β-unsaturated/α-hetero) is 1. The maximum atomic E-state index is 11.4. The summed E-state index contributed by atoms with van der Waals surface area (Å²) in [6.07, 6.45) is 7.59. The summed E-state index contributed by atoms with van der Waals surface area (Å²) in [4.78, 5) is 15.9. The van der Waals surface area contributed by atoms with Gasteiger partial charge >= 0.3 is 0 Å². The number of allylic oxidation sites excluding steroid dienone is 1. The standard InChI is InChI=1S/C11H12BrN3O/c12-15-6-7-4-8(16)5-14-10(7)9-2-1-3-13-11(9)15/h2-3,6,10-11,14H,1,4-5H2. The Kier molecular flexibility index (Phi) is 2.44. The van der Waals surface area contributed by atoms with Gasteiger partial charge in [-0.1, -0.05) is 6.08 Å². The summed E-state index contributed by atoms with van der Waals surface area (Å²) < 4.78 is 1.90. The van der Waals surface area contributed by atoms with Gasteiger partial charge in [-0.2, -0.15) is 0 Å². The highest BCUT2D eigenvalue weighted by Crippen LogP contribution is 2.34. The van der Waals surface area contributed by atoms with Crippen molar-refractivity contribution in [2.75, 3.05) is 6.54 Å². The van der Waals surface area contributed by atoms with Gasteiger partial charge in [0.05, 0.1) is 28.7 Å².